The lowest BCUT2D eigenvalue weighted by atomic mass is 9.97. The van der Waals surface area contributed by atoms with E-state index in [0.29, 0.717) is 6.61 Å². The van der Waals surface area contributed by atoms with Gasteiger partial charge in [0.05, 0.1) is 12.5 Å². The quantitative estimate of drug-likeness (QED) is 0.655. The molecule has 0 N–H and O–H groups in total. The van der Waals surface area contributed by atoms with E-state index in [1.165, 1.54) is 19.4 Å². The van der Waals surface area contributed by atoms with E-state index in [4.69, 9.17) is 4.74 Å². The van der Waals surface area contributed by atoms with Gasteiger partial charge >= 0.3 is 5.97 Å². The fourth-order valence-corrected chi connectivity index (χ4v) is 2.03. The SMILES string of the molecule is CCCCN1CCC(C(=O)OCC)CC1. The Morgan fingerprint density at radius 3 is 2.53 bits per heavy atom. The summed E-state index contributed by atoms with van der Waals surface area (Å²) in [7, 11) is 0. The van der Waals surface area contributed by atoms with Gasteiger partial charge in [-0.3, -0.25) is 4.79 Å². The summed E-state index contributed by atoms with van der Waals surface area (Å²) >= 11 is 0. The molecule has 1 aliphatic rings. The van der Waals surface area contributed by atoms with Crippen molar-refractivity contribution in [2.45, 2.75) is 39.5 Å². The Morgan fingerprint density at radius 1 is 1.33 bits per heavy atom. The predicted molar refractivity (Wildman–Crippen MR) is 60.7 cm³/mol. The minimum absolute atomic E-state index is 0.00708. The Morgan fingerprint density at radius 2 is 2.00 bits per heavy atom. The maximum absolute atomic E-state index is 11.5. The molecule has 3 heteroatoms. The van der Waals surface area contributed by atoms with Gasteiger partial charge in [-0.25, -0.2) is 0 Å². The number of carbonyl (C=O) groups is 1. The highest BCUT2D eigenvalue weighted by Gasteiger charge is 2.25. The van der Waals surface area contributed by atoms with Crippen LogP contribution in [0.5, 0.6) is 0 Å². The summed E-state index contributed by atoms with van der Waals surface area (Å²) in [5.74, 6) is 0.162. The second-order valence-electron chi connectivity index (χ2n) is 4.22. The van der Waals surface area contributed by atoms with Crippen LogP contribution in [0, 0.1) is 5.92 Å². The summed E-state index contributed by atoms with van der Waals surface area (Å²) in [5, 5.41) is 0. The zero-order valence-electron chi connectivity index (χ0n) is 10.00. The third kappa shape index (κ3) is 4.20. The third-order valence-corrected chi connectivity index (χ3v) is 3.04. The van der Waals surface area contributed by atoms with Crippen molar-refractivity contribution in [2.24, 2.45) is 5.92 Å². The van der Waals surface area contributed by atoms with Gasteiger partial charge in [-0.1, -0.05) is 13.3 Å². The summed E-state index contributed by atoms with van der Waals surface area (Å²) in [5.41, 5.74) is 0. The molecule has 0 unspecified atom stereocenters. The van der Waals surface area contributed by atoms with Crippen molar-refractivity contribution in [3.63, 3.8) is 0 Å². The largest absolute Gasteiger partial charge is 0.466 e. The van der Waals surface area contributed by atoms with Crippen LogP contribution in [0.15, 0.2) is 0 Å². The minimum atomic E-state index is 0.00708. The number of hydrogen-bond acceptors (Lipinski definition) is 3. The zero-order valence-corrected chi connectivity index (χ0v) is 10.00. The molecule has 0 spiro atoms. The molecule has 0 saturated carbocycles. The van der Waals surface area contributed by atoms with Crippen LogP contribution in [0.3, 0.4) is 0 Å². The van der Waals surface area contributed by atoms with Gasteiger partial charge in [0.2, 0.25) is 0 Å². The molecule has 3 nitrogen and oxygen atoms in total. The standard InChI is InChI=1S/C12H23NO2/c1-3-5-8-13-9-6-11(7-10-13)12(14)15-4-2/h11H,3-10H2,1-2H3. The molecule has 88 valence electrons. The fourth-order valence-electron chi connectivity index (χ4n) is 2.03. The topological polar surface area (TPSA) is 29.5 Å². The molecule has 1 saturated heterocycles. The van der Waals surface area contributed by atoms with Crippen molar-refractivity contribution in [3.05, 3.63) is 0 Å². The van der Waals surface area contributed by atoms with Gasteiger partial charge in [-0.15, -0.1) is 0 Å². The van der Waals surface area contributed by atoms with E-state index in [-0.39, 0.29) is 11.9 Å². The molecule has 0 aliphatic carbocycles. The summed E-state index contributed by atoms with van der Waals surface area (Å²) in [6, 6.07) is 0. The number of carbonyl (C=O) groups excluding carboxylic acids is 1. The van der Waals surface area contributed by atoms with Crippen molar-refractivity contribution in [1.29, 1.82) is 0 Å². The fraction of sp³-hybridized carbons (Fsp3) is 0.917. The van der Waals surface area contributed by atoms with E-state index in [1.807, 2.05) is 6.92 Å². The molecule has 0 aromatic rings. The first-order valence-corrected chi connectivity index (χ1v) is 6.16. The van der Waals surface area contributed by atoms with E-state index in [9.17, 15) is 4.79 Å². The van der Waals surface area contributed by atoms with E-state index >= 15 is 0 Å². The monoisotopic (exact) mass is 213 g/mol. The Labute approximate surface area is 92.8 Å². The summed E-state index contributed by atoms with van der Waals surface area (Å²) in [6.45, 7) is 7.90. The predicted octanol–water partition coefficient (Wildman–Crippen LogP) is 2.06. The second kappa shape index (κ2) is 6.83. The van der Waals surface area contributed by atoms with Gasteiger partial charge in [0.25, 0.3) is 0 Å². The Kier molecular flexibility index (Phi) is 5.69. The highest BCUT2D eigenvalue weighted by atomic mass is 16.5. The zero-order chi connectivity index (χ0) is 11.1. The third-order valence-electron chi connectivity index (χ3n) is 3.04. The number of nitrogens with zero attached hydrogens (tertiary/aromatic N) is 1. The van der Waals surface area contributed by atoms with Crippen LogP contribution in [-0.4, -0.2) is 37.1 Å². The molecule has 0 amide bonds. The van der Waals surface area contributed by atoms with Crippen LogP contribution in [0.1, 0.15) is 39.5 Å². The first-order valence-electron chi connectivity index (χ1n) is 6.16. The van der Waals surface area contributed by atoms with E-state index in [1.54, 1.807) is 0 Å². The number of likely N-dealkylation sites (tertiary alicyclic amines) is 1. The van der Waals surface area contributed by atoms with E-state index in [2.05, 4.69) is 11.8 Å². The average Bonchev–Trinajstić information content (AvgIpc) is 2.27. The van der Waals surface area contributed by atoms with Crippen LogP contribution in [0.4, 0.5) is 0 Å². The first kappa shape index (κ1) is 12.5. The maximum atomic E-state index is 11.5. The number of ether oxygens (including phenoxy) is 1. The van der Waals surface area contributed by atoms with Gasteiger partial charge in [-0.2, -0.15) is 0 Å². The van der Waals surface area contributed by atoms with Crippen molar-refractivity contribution in [1.82, 2.24) is 4.90 Å². The molecule has 0 radical (unpaired) electrons. The smallest absolute Gasteiger partial charge is 0.309 e. The Bertz CT molecular complexity index is 186. The normalized spacial score (nSPS) is 19.1. The number of unbranched alkanes of at least 4 members (excludes halogenated alkanes) is 1. The van der Waals surface area contributed by atoms with Gasteiger partial charge in [0.15, 0.2) is 0 Å². The molecule has 0 aromatic carbocycles. The molecule has 0 bridgehead atoms. The summed E-state index contributed by atoms with van der Waals surface area (Å²) in [6.07, 6.45) is 4.47. The average molecular weight is 213 g/mol. The van der Waals surface area contributed by atoms with Crippen molar-refractivity contribution in [2.75, 3.05) is 26.2 Å². The van der Waals surface area contributed by atoms with Crippen LogP contribution in [0.2, 0.25) is 0 Å². The van der Waals surface area contributed by atoms with Crippen molar-refractivity contribution < 1.29 is 9.53 Å². The molecular formula is C12H23NO2. The molecule has 0 atom stereocenters. The van der Waals surface area contributed by atoms with Crippen LogP contribution in [-0.2, 0) is 9.53 Å². The second-order valence-corrected chi connectivity index (χ2v) is 4.22. The Balaban J connectivity index is 2.20. The Hall–Kier alpha value is -0.570. The number of piperidine rings is 1. The van der Waals surface area contributed by atoms with Crippen LogP contribution in [0.25, 0.3) is 0 Å². The molecule has 15 heavy (non-hydrogen) atoms. The minimum Gasteiger partial charge on any atom is -0.466 e. The van der Waals surface area contributed by atoms with Gasteiger partial charge in [-0.05, 0) is 45.8 Å². The van der Waals surface area contributed by atoms with Gasteiger partial charge in [0, 0.05) is 0 Å². The lowest BCUT2D eigenvalue weighted by Gasteiger charge is -2.30. The van der Waals surface area contributed by atoms with Gasteiger partial charge in [0.1, 0.15) is 0 Å². The lowest BCUT2D eigenvalue weighted by molar-refractivity contribution is -0.149. The number of hydrogen-bond donors (Lipinski definition) is 0. The first-order chi connectivity index (χ1) is 7.27. The summed E-state index contributed by atoms with van der Waals surface area (Å²) < 4.78 is 5.04. The molecule has 1 heterocycles. The molecule has 0 aromatic heterocycles. The molecule has 1 rings (SSSR count). The van der Waals surface area contributed by atoms with E-state index in [0.717, 1.165) is 25.9 Å². The highest BCUT2D eigenvalue weighted by Crippen LogP contribution is 2.18. The van der Waals surface area contributed by atoms with Crippen molar-refractivity contribution in [3.8, 4) is 0 Å². The molecule has 1 fully saturated rings. The summed E-state index contributed by atoms with van der Waals surface area (Å²) in [4.78, 5) is 13.9. The molecule has 1 aliphatic heterocycles. The van der Waals surface area contributed by atoms with Gasteiger partial charge < -0.3 is 9.64 Å². The van der Waals surface area contributed by atoms with E-state index < -0.39 is 0 Å². The molecular weight excluding hydrogens is 190 g/mol. The van der Waals surface area contributed by atoms with Crippen LogP contribution >= 0.6 is 0 Å². The van der Waals surface area contributed by atoms with Crippen LogP contribution < -0.4 is 0 Å². The maximum Gasteiger partial charge on any atom is 0.309 e. The number of rotatable bonds is 5. The van der Waals surface area contributed by atoms with Crippen molar-refractivity contribution >= 4 is 5.97 Å². The lowest BCUT2D eigenvalue weighted by Crippen LogP contribution is -2.37. The number of esters is 1. The highest BCUT2D eigenvalue weighted by molar-refractivity contribution is 5.72.